The highest BCUT2D eigenvalue weighted by molar-refractivity contribution is 7.80. The molecule has 0 atom stereocenters. The van der Waals surface area contributed by atoms with E-state index in [0.717, 1.165) is 15.8 Å². The quantitative estimate of drug-likeness (QED) is 0.636. The van der Waals surface area contributed by atoms with Gasteiger partial charge in [-0.1, -0.05) is 18.2 Å². The first-order valence-electron chi connectivity index (χ1n) is 3.85. The average molecular weight is 209 g/mol. The molecule has 1 aromatic carbocycles. The molecule has 0 saturated carbocycles. The van der Waals surface area contributed by atoms with Crippen LogP contribution in [0.1, 0.15) is 0 Å². The zero-order chi connectivity index (χ0) is 9.68. The van der Waals surface area contributed by atoms with E-state index in [9.17, 15) is 0 Å². The molecule has 2 rings (SSSR count). The summed E-state index contributed by atoms with van der Waals surface area (Å²) in [7, 11) is 0. The van der Waals surface area contributed by atoms with Gasteiger partial charge in [-0.25, -0.2) is 0 Å². The largest absolute Gasteiger partial charge is 0.255 e. The number of benzene rings is 1. The molecule has 0 radical (unpaired) electrons. The third-order valence-corrected chi connectivity index (χ3v) is 1.97. The minimum atomic E-state index is 0.933. The van der Waals surface area contributed by atoms with E-state index in [1.807, 2.05) is 30.3 Å². The molecule has 0 aliphatic carbocycles. The maximum absolute atomic E-state index is 4.29. The van der Waals surface area contributed by atoms with E-state index >= 15 is 0 Å². The van der Waals surface area contributed by atoms with Gasteiger partial charge in [0.05, 0.1) is 5.52 Å². The molecule has 0 aliphatic heterocycles. The lowest BCUT2D eigenvalue weighted by atomic mass is 10.2. The van der Waals surface area contributed by atoms with Crippen molar-refractivity contribution in [3.05, 3.63) is 36.5 Å². The Morgan fingerprint density at radius 3 is 2.46 bits per heavy atom. The van der Waals surface area contributed by atoms with Crippen LogP contribution < -0.4 is 0 Å². The number of hydrogen-bond donors (Lipinski definition) is 2. The second-order valence-electron chi connectivity index (χ2n) is 2.35. The van der Waals surface area contributed by atoms with Crippen molar-refractivity contribution < 1.29 is 0 Å². The van der Waals surface area contributed by atoms with Crippen molar-refractivity contribution in [1.29, 1.82) is 0 Å². The normalized spacial score (nSPS) is 9.15. The van der Waals surface area contributed by atoms with Crippen molar-refractivity contribution >= 4 is 36.2 Å². The Kier molecular flexibility index (Phi) is 4.12. The fourth-order valence-corrected chi connectivity index (χ4v) is 1.36. The molecule has 1 heterocycles. The van der Waals surface area contributed by atoms with Crippen LogP contribution in [0.15, 0.2) is 41.4 Å². The van der Waals surface area contributed by atoms with Gasteiger partial charge in [0.25, 0.3) is 0 Å². The van der Waals surface area contributed by atoms with E-state index in [0.29, 0.717) is 0 Å². The fraction of sp³-hybridized carbons (Fsp3) is 0.100. The lowest BCUT2D eigenvalue weighted by Crippen LogP contribution is -1.77. The number of thiol groups is 2. The molecule has 1 aromatic heterocycles. The van der Waals surface area contributed by atoms with Gasteiger partial charge >= 0.3 is 0 Å². The molecule has 13 heavy (non-hydrogen) atoms. The summed E-state index contributed by atoms with van der Waals surface area (Å²) >= 11 is 7.82. The maximum Gasteiger partial charge on any atom is 0.0835 e. The summed E-state index contributed by atoms with van der Waals surface area (Å²) in [5, 5.41) is 1.14. The van der Waals surface area contributed by atoms with E-state index in [1.54, 1.807) is 12.5 Å². The van der Waals surface area contributed by atoms with Crippen LogP contribution in [0.4, 0.5) is 0 Å². The third-order valence-electron chi connectivity index (χ3n) is 1.61. The molecule has 2 aromatic rings. The molecular weight excluding hydrogens is 198 g/mol. The summed E-state index contributed by atoms with van der Waals surface area (Å²) < 4.78 is 0. The van der Waals surface area contributed by atoms with Crippen LogP contribution in [0.5, 0.6) is 0 Å². The first-order chi connectivity index (χ1) is 6.38. The van der Waals surface area contributed by atoms with Gasteiger partial charge < -0.3 is 0 Å². The van der Waals surface area contributed by atoms with Crippen molar-refractivity contribution in [3.63, 3.8) is 0 Å². The number of rotatable bonds is 0. The van der Waals surface area contributed by atoms with Gasteiger partial charge in [0.15, 0.2) is 0 Å². The van der Waals surface area contributed by atoms with Gasteiger partial charge in [-0.15, -0.1) is 12.6 Å². The Balaban J connectivity index is 0.000000396. The summed E-state index contributed by atoms with van der Waals surface area (Å²) in [5.41, 5.74) is 0.971. The minimum Gasteiger partial charge on any atom is -0.255 e. The highest BCUT2D eigenvalue weighted by atomic mass is 32.1. The molecular formula is C10H11NS2. The van der Waals surface area contributed by atoms with Crippen LogP contribution in [0.3, 0.4) is 0 Å². The molecule has 0 aliphatic rings. The minimum absolute atomic E-state index is 0.933. The third kappa shape index (κ3) is 2.39. The predicted molar refractivity (Wildman–Crippen MR) is 63.9 cm³/mol. The van der Waals surface area contributed by atoms with E-state index in [-0.39, 0.29) is 0 Å². The summed E-state index contributed by atoms with van der Waals surface area (Å²) in [6.45, 7) is 0. The fourth-order valence-electron chi connectivity index (χ4n) is 1.09. The zero-order valence-corrected chi connectivity index (χ0v) is 9.09. The average Bonchev–Trinajstić information content (AvgIpc) is 2.22. The first-order valence-corrected chi connectivity index (χ1v) is 5.19. The number of hydrogen-bond acceptors (Lipinski definition) is 3. The Morgan fingerprint density at radius 2 is 1.77 bits per heavy atom. The molecule has 0 amide bonds. The van der Waals surface area contributed by atoms with Crippen LogP contribution >= 0.6 is 25.3 Å². The Hall–Kier alpha value is -0.670. The molecule has 0 saturated heterocycles. The molecule has 1 nitrogen and oxygen atoms in total. The molecule has 0 unspecified atom stereocenters. The molecule has 0 bridgehead atoms. The summed E-state index contributed by atoms with van der Waals surface area (Å²) in [4.78, 5) is 5.14. The van der Waals surface area contributed by atoms with Crippen LogP contribution in [0.2, 0.25) is 0 Å². The summed E-state index contributed by atoms with van der Waals surface area (Å²) in [6, 6.07) is 9.91. The van der Waals surface area contributed by atoms with Crippen molar-refractivity contribution in [3.8, 4) is 0 Å². The first kappa shape index (κ1) is 10.4. The van der Waals surface area contributed by atoms with Crippen LogP contribution in [0, 0.1) is 0 Å². The second-order valence-corrected chi connectivity index (χ2v) is 2.83. The van der Waals surface area contributed by atoms with Gasteiger partial charge in [0.2, 0.25) is 0 Å². The zero-order valence-electron chi connectivity index (χ0n) is 7.31. The lowest BCUT2D eigenvalue weighted by molar-refractivity contribution is 1.36. The predicted octanol–water partition coefficient (Wildman–Crippen LogP) is 3.07. The highest BCUT2D eigenvalue weighted by Gasteiger charge is 1.94. The SMILES string of the molecule is CS.Sc1cccc2cccnc12. The lowest BCUT2D eigenvalue weighted by Gasteiger charge is -1.97. The number of aromatic nitrogens is 1. The van der Waals surface area contributed by atoms with Crippen LogP contribution in [0.25, 0.3) is 10.9 Å². The Labute approximate surface area is 89.0 Å². The topological polar surface area (TPSA) is 12.9 Å². The van der Waals surface area contributed by atoms with E-state index < -0.39 is 0 Å². The monoisotopic (exact) mass is 209 g/mol. The van der Waals surface area contributed by atoms with Crippen molar-refractivity contribution in [1.82, 2.24) is 4.98 Å². The van der Waals surface area contributed by atoms with Crippen molar-refractivity contribution in [2.75, 3.05) is 6.26 Å². The Morgan fingerprint density at radius 1 is 1.08 bits per heavy atom. The number of para-hydroxylation sites is 1. The molecule has 3 heteroatoms. The standard InChI is InChI=1S/C9H7NS.CH4S/c11-8-5-1-3-7-4-2-6-10-9(7)8;1-2/h1-6,11H;2H,1H3. The van der Waals surface area contributed by atoms with Crippen LogP contribution in [-0.2, 0) is 0 Å². The summed E-state index contributed by atoms with van der Waals surface area (Å²) in [5.74, 6) is 0. The van der Waals surface area contributed by atoms with Gasteiger partial charge in [-0.3, -0.25) is 4.98 Å². The molecule has 0 fully saturated rings. The van der Waals surface area contributed by atoms with Crippen molar-refractivity contribution in [2.45, 2.75) is 4.90 Å². The Bertz CT molecular complexity index is 382. The van der Waals surface area contributed by atoms with E-state index in [4.69, 9.17) is 0 Å². The number of fused-ring (bicyclic) bond motifs is 1. The molecule has 68 valence electrons. The highest BCUT2D eigenvalue weighted by Crippen LogP contribution is 2.18. The maximum atomic E-state index is 4.29. The number of nitrogens with zero attached hydrogens (tertiary/aromatic N) is 1. The number of pyridine rings is 1. The smallest absolute Gasteiger partial charge is 0.0835 e. The van der Waals surface area contributed by atoms with E-state index in [2.05, 4.69) is 30.2 Å². The van der Waals surface area contributed by atoms with Gasteiger partial charge in [0, 0.05) is 16.5 Å². The van der Waals surface area contributed by atoms with Gasteiger partial charge in [-0.2, -0.15) is 12.6 Å². The molecule has 0 N–H and O–H groups in total. The van der Waals surface area contributed by atoms with Gasteiger partial charge in [-0.05, 0) is 18.4 Å². The second kappa shape index (κ2) is 5.14. The van der Waals surface area contributed by atoms with Gasteiger partial charge in [0.1, 0.15) is 0 Å². The van der Waals surface area contributed by atoms with Crippen molar-refractivity contribution in [2.24, 2.45) is 0 Å². The van der Waals surface area contributed by atoms with Crippen LogP contribution in [-0.4, -0.2) is 11.2 Å². The molecule has 0 spiro atoms. The summed E-state index contributed by atoms with van der Waals surface area (Å²) in [6.07, 6.45) is 3.47. The van der Waals surface area contributed by atoms with E-state index in [1.165, 1.54) is 0 Å².